The van der Waals surface area contributed by atoms with Crippen LogP contribution >= 0.6 is 15.9 Å². The Balaban J connectivity index is 2.91. The first-order chi connectivity index (χ1) is 6.29. The third kappa shape index (κ3) is 2.54. The maximum Gasteiger partial charge on any atom is 0.188 e. The second kappa shape index (κ2) is 4.99. The summed E-state index contributed by atoms with van der Waals surface area (Å²) in [5.41, 5.74) is 0.500. The van der Waals surface area contributed by atoms with E-state index in [4.69, 9.17) is 9.47 Å². The molecule has 0 amide bonds. The first-order valence-electron chi connectivity index (χ1n) is 3.65. The van der Waals surface area contributed by atoms with Crippen LogP contribution in [0.25, 0.3) is 0 Å². The Morgan fingerprint density at radius 2 is 2.31 bits per heavy atom. The molecule has 1 aromatic rings. The quantitative estimate of drug-likeness (QED) is 0.602. The van der Waals surface area contributed by atoms with Crippen molar-refractivity contribution in [3.8, 4) is 5.75 Å². The summed E-state index contributed by atoms with van der Waals surface area (Å²) in [7, 11) is 1.53. The zero-order valence-corrected chi connectivity index (χ0v) is 8.71. The number of benzene rings is 1. The number of hydrogen-bond donors (Lipinski definition) is 0. The molecule has 0 bridgehead atoms. The van der Waals surface area contributed by atoms with E-state index in [-0.39, 0.29) is 6.79 Å². The maximum atomic E-state index is 10.7. The van der Waals surface area contributed by atoms with Gasteiger partial charge in [-0.25, -0.2) is 0 Å². The fourth-order valence-electron chi connectivity index (χ4n) is 0.880. The molecule has 0 aromatic heterocycles. The molecule has 0 saturated heterocycles. The van der Waals surface area contributed by atoms with Gasteiger partial charge in [-0.15, -0.1) is 0 Å². The molecule has 0 spiro atoms. The molecule has 3 nitrogen and oxygen atoms in total. The van der Waals surface area contributed by atoms with E-state index < -0.39 is 0 Å². The summed E-state index contributed by atoms with van der Waals surface area (Å²) in [5, 5.41) is 0. The minimum Gasteiger partial charge on any atom is -0.467 e. The Kier molecular flexibility index (Phi) is 3.92. The predicted molar refractivity (Wildman–Crippen MR) is 52.0 cm³/mol. The summed E-state index contributed by atoms with van der Waals surface area (Å²) in [5.74, 6) is 0.520. The van der Waals surface area contributed by atoms with Crippen molar-refractivity contribution in [2.45, 2.75) is 0 Å². The lowest BCUT2D eigenvalue weighted by Crippen LogP contribution is -2.01. The SMILES string of the molecule is COCOc1cccc(Br)c1C=O. The molecule has 0 aliphatic heterocycles. The summed E-state index contributed by atoms with van der Waals surface area (Å²) in [6.07, 6.45) is 0.745. The molecule has 0 radical (unpaired) electrons. The smallest absolute Gasteiger partial charge is 0.188 e. The van der Waals surface area contributed by atoms with E-state index in [9.17, 15) is 4.79 Å². The van der Waals surface area contributed by atoms with Crippen molar-refractivity contribution in [3.63, 3.8) is 0 Å². The molecule has 70 valence electrons. The number of aldehydes is 1. The number of hydrogen-bond acceptors (Lipinski definition) is 3. The van der Waals surface area contributed by atoms with Crippen molar-refractivity contribution in [1.29, 1.82) is 0 Å². The van der Waals surface area contributed by atoms with Crippen LogP contribution < -0.4 is 4.74 Å². The molecule has 0 unspecified atom stereocenters. The average molecular weight is 245 g/mol. The Bertz CT molecular complexity index is 299. The van der Waals surface area contributed by atoms with Crippen LogP contribution in [-0.2, 0) is 4.74 Å². The molecule has 0 aliphatic rings. The van der Waals surface area contributed by atoms with Crippen molar-refractivity contribution in [3.05, 3.63) is 28.2 Å². The van der Waals surface area contributed by atoms with Gasteiger partial charge in [0.25, 0.3) is 0 Å². The van der Waals surface area contributed by atoms with Crippen LogP contribution in [0.15, 0.2) is 22.7 Å². The molecule has 0 atom stereocenters. The van der Waals surface area contributed by atoms with E-state index in [0.717, 1.165) is 10.8 Å². The van der Waals surface area contributed by atoms with Gasteiger partial charge in [-0.05, 0) is 28.1 Å². The van der Waals surface area contributed by atoms with Crippen LogP contribution in [0.4, 0.5) is 0 Å². The molecule has 0 heterocycles. The highest BCUT2D eigenvalue weighted by molar-refractivity contribution is 9.10. The van der Waals surface area contributed by atoms with E-state index in [1.807, 2.05) is 0 Å². The first kappa shape index (κ1) is 10.2. The van der Waals surface area contributed by atoms with Crippen molar-refractivity contribution in [2.24, 2.45) is 0 Å². The zero-order chi connectivity index (χ0) is 9.68. The van der Waals surface area contributed by atoms with Crippen molar-refractivity contribution >= 4 is 22.2 Å². The van der Waals surface area contributed by atoms with Gasteiger partial charge in [-0.3, -0.25) is 4.79 Å². The molecule has 0 fully saturated rings. The molecular formula is C9H9BrO3. The van der Waals surface area contributed by atoms with Crippen molar-refractivity contribution < 1.29 is 14.3 Å². The Labute approximate surface area is 84.8 Å². The van der Waals surface area contributed by atoms with Gasteiger partial charge in [0.15, 0.2) is 13.1 Å². The summed E-state index contributed by atoms with van der Waals surface area (Å²) in [6.45, 7) is 0.136. The van der Waals surface area contributed by atoms with Crippen LogP contribution in [0.1, 0.15) is 10.4 Å². The second-order valence-corrected chi connectivity index (χ2v) is 3.17. The number of halogens is 1. The predicted octanol–water partition coefficient (Wildman–Crippen LogP) is 2.24. The summed E-state index contributed by atoms with van der Waals surface area (Å²) in [4.78, 5) is 10.7. The van der Waals surface area contributed by atoms with Crippen LogP contribution in [0, 0.1) is 0 Å². The highest BCUT2D eigenvalue weighted by Gasteiger charge is 2.05. The van der Waals surface area contributed by atoms with Gasteiger partial charge in [-0.1, -0.05) is 6.07 Å². The summed E-state index contributed by atoms with van der Waals surface area (Å²) in [6, 6.07) is 5.29. The minimum absolute atomic E-state index is 0.136. The van der Waals surface area contributed by atoms with Gasteiger partial charge < -0.3 is 9.47 Å². The molecular weight excluding hydrogens is 236 g/mol. The number of methoxy groups -OCH3 is 1. The van der Waals surface area contributed by atoms with Crippen LogP contribution in [0.3, 0.4) is 0 Å². The van der Waals surface area contributed by atoms with Gasteiger partial charge >= 0.3 is 0 Å². The third-order valence-corrected chi connectivity index (χ3v) is 2.15. The van der Waals surface area contributed by atoms with Gasteiger partial charge in [0, 0.05) is 11.6 Å². The van der Waals surface area contributed by atoms with E-state index in [2.05, 4.69) is 15.9 Å². The summed E-state index contributed by atoms with van der Waals surface area (Å²) >= 11 is 3.25. The number of rotatable bonds is 4. The fraction of sp³-hybridized carbons (Fsp3) is 0.222. The first-order valence-corrected chi connectivity index (χ1v) is 4.44. The minimum atomic E-state index is 0.136. The topological polar surface area (TPSA) is 35.5 Å². The standard InChI is InChI=1S/C9H9BrO3/c1-12-6-13-9-4-2-3-8(10)7(9)5-11/h2-5H,6H2,1H3. The lowest BCUT2D eigenvalue weighted by Gasteiger charge is -2.07. The highest BCUT2D eigenvalue weighted by Crippen LogP contribution is 2.24. The van der Waals surface area contributed by atoms with E-state index in [1.165, 1.54) is 7.11 Å². The lowest BCUT2D eigenvalue weighted by molar-refractivity contribution is 0.0505. The van der Waals surface area contributed by atoms with E-state index >= 15 is 0 Å². The number of carbonyl (C=O) groups excluding carboxylic acids is 1. The summed E-state index contributed by atoms with van der Waals surface area (Å²) < 4.78 is 10.6. The lowest BCUT2D eigenvalue weighted by atomic mass is 10.2. The van der Waals surface area contributed by atoms with Crippen molar-refractivity contribution in [1.82, 2.24) is 0 Å². The van der Waals surface area contributed by atoms with Gasteiger partial charge in [0.2, 0.25) is 0 Å². The Morgan fingerprint density at radius 3 is 2.92 bits per heavy atom. The van der Waals surface area contributed by atoms with Gasteiger partial charge in [0.1, 0.15) is 5.75 Å². The van der Waals surface area contributed by atoms with Gasteiger partial charge in [0.05, 0.1) is 5.56 Å². The number of ether oxygens (including phenoxy) is 2. The molecule has 0 aliphatic carbocycles. The van der Waals surface area contributed by atoms with Crippen LogP contribution in [0.5, 0.6) is 5.75 Å². The molecule has 0 saturated carbocycles. The molecule has 4 heteroatoms. The molecule has 1 aromatic carbocycles. The molecule has 13 heavy (non-hydrogen) atoms. The molecule has 0 N–H and O–H groups in total. The largest absolute Gasteiger partial charge is 0.467 e. The normalized spacial score (nSPS) is 9.69. The van der Waals surface area contributed by atoms with Crippen molar-refractivity contribution in [2.75, 3.05) is 13.9 Å². The zero-order valence-electron chi connectivity index (χ0n) is 7.12. The number of carbonyl (C=O) groups is 1. The second-order valence-electron chi connectivity index (χ2n) is 2.32. The third-order valence-electron chi connectivity index (χ3n) is 1.46. The Morgan fingerprint density at radius 1 is 1.54 bits per heavy atom. The highest BCUT2D eigenvalue weighted by atomic mass is 79.9. The van der Waals surface area contributed by atoms with E-state index in [1.54, 1.807) is 18.2 Å². The Hall–Kier alpha value is -0.870. The average Bonchev–Trinajstić information content (AvgIpc) is 2.15. The fourth-order valence-corrected chi connectivity index (χ4v) is 1.32. The van der Waals surface area contributed by atoms with Crippen LogP contribution in [0.2, 0.25) is 0 Å². The molecule has 1 rings (SSSR count). The van der Waals surface area contributed by atoms with Crippen LogP contribution in [-0.4, -0.2) is 20.2 Å². The van der Waals surface area contributed by atoms with E-state index in [0.29, 0.717) is 11.3 Å². The maximum absolute atomic E-state index is 10.7. The van der Waals surface area contributed by atoms with Gasteiger partial charge in [-0.2, -0.15) is 0 Å². The monoisotopic (exact) mass is 244 g/mol.